The van der Waals surface area contributed by atoms with Crippen molar-refractivity contribution < 1.29 is 4.74 Å². The zero-order valence-corrected chi connectivity index (χ0v) is 8.92. The molecule has 0 saturated carbocycles. The lowest BCUT2D eigenvalue weighted by Gasteiger charge is -2.20. The van der Waals surface area contributed by atoms with E-state index in [0.29, 0.717) is 6.10 Å². The van der Waals surface area contributed by atoms with Crippen LogP contribution in [0.2, 0.25) is 0 Å². The van der Waals surface area contributed by atoms with E-state index in [0.717, 1.165) is 19.6 Å². The summed E-state index contributed by atoms with van der Waals surface area (Å²) < 4.78 is 5.30. The largest absolute Gasteiger partial charge is 0.380 e. The quantitative estimate of drug-likeness (QED) is 0.602. The highest BCUT2D eigenvalue weighted by atomic mass is 16.5. The van der Waals surface area contributed by atoms with E-state index in [1.165, 1.54) is 13.0 Å². The molecule has 0 amide bonds. The van der Waals surface area contributed by atoms with Gasteiger partial charge in [-0.25, -0.2) is 5.01 Å². The number of nitrogens with zero attached hydrogens (tertiary/aromatic N) is 2. The number of nitrogens with one attached hydrogen (secondary N) is 1. The van der Waals surface area contributed by atoms with Crippen LogP contribution in [0.3, 0.4) is 0 Å². The Balaban J connectivity index is 2.10. The predicted octanol–water partition coefficient (Wildman–Crippen LogP) is -0.227. The maximum atomic E-state index is 5.30. The van der Waals surface area contributed by atoms with E-state index in [1.807, 2.05) is 7.05 Å². The molecule has 0 unspecified atom stereocenters. The first-order valence-corrected chi connectivity index (χ1v) is 4.90. The summed E-state index contributed by atoms with van der Waals surface area (Å²) in [4.78, 5) is 2.45. The van der Waals surface area contributed by atoms with Crippen LogP contribution in [-0.4, -0.2) is 63.4 Å². The van der Waals surface area contributed by atoms with Crippen LogP contribution in [0, 0.1) is 0 Å². The van der Waals surface area contributed by atoms with Crippen molar-refractivity contribution in [2.45, 2.75) is 12.5 Å². The summed E-state index contributed by atoms with van der Waals surface area (Å²) in [7, 11) is 5.81. The number of ether oxygens (including phenoxy) is 1. The lowest BCUT2D eigenvalue weighted by Crippen LogP contribution is -2.38. The molecule has 1 aliphatic heterocycles. The Morgan fingerprint density at radius 2 is 2.38 bits per heavy atom. The maximum absolute atomic E-state index is 5.30. The minimum absolute atomic E-state index is 0.458. The average Bonchev–Trinajstić information content (AvgIpc) is 2.61. The van der Waals surface area contributed by atoms with Gasteiger partial charge in [-0.15, -0.1) is 0 Å². The third kappa shape index (κ3) is 3.60. The highest BCUT2D eigenvalue weighted by molar-refractivity contribution is 4.75. The van der Waals surface area contributed by atoms with E-state index < -0.39 is 0 Å². The Labute approximate surface area is 80.8 Å². The van der Waals surface area contributed by atoms with Crippen molar-refractivity contribution >= 4 is 0 Å². The molecule has 0 spiro atoms. The Morgan fingerprint density at radius 1 is 1.62 bits per heavy atom. The number of likely N-dealkylation sites (tertiary alicyclic amines) is 1. The van der Waals surface area contributed by atoms with Gasteiger partial charge in [0.25, 0.3) is 0 Å². The zero-order valence-electron chi connectivity index (χ0n) is 8.92. The smallest absolute Gasteiger partial charge is 0.0710 e. The molecule has 0 radical (unpaired) electrons. The van der Waals surface area contributed by atoms with E-state index in [4.69, 9.17) is 4.74 Å². The first-order chi connectivity index (χ1) is 6.26. The van der Waals surface area contributed by atoms with E-state index >= 15 is 0 Å². The van der Waals surface area contributed by atoms with E-state index in [-0.39, 0.29) is 0 Å². The number of methoxy groups -OCH3 is 1. The Bertz CT molecular complexity index is 143. The number of rotatable bonds is 5. The van der Waals surface area contributed by atoms with Gasteiger partial charge in [0.05, 0.1) is 6.10 Å². The van der Waals surface area contributed by atoms with Crippen LogP contribution < -0.4 is 5.43 Å². The van der Waals surface area contributed by atoms with Gasteiger partial charge >= 0.3 is 0 Å². The van der Waals surface area contributed by atoms with Crippen LogP contribution >= 0.6 is 0 Å². The van der Waals surface area contributed by atoms with Gasteiger partial charge in [-0.05, 0) is 13.5 Å². The highest BCUT2D eigenvalue weighted by Crippen LogP contribution is 2.10. The number of hydrogen-bond donors (Lipinski definition) is 1. The van der Waals surface area contributed by atoms with Gasteiger partial charge in [0.2, 0.25) is 0 Å². The van der Waals surface area contributed by atoms with Crippen LogP contribution in [0.1, 0.15) is 6.42 Å². The monoisotopic (exact) mass is 187 g/mol. The Kier molecular flexibility index (Phi) is 4.66. The van der Waals surface area contributed by atoms with Crippen LogP contribution in [0.15, 0.2) is 0 Å². The number of hydrogen-bond acceptors (Lipinski definition) is 4. The molecule has 1 fully saturated rings. The lowest BCUT2D eigenvalue weighted by atomic mass is 10.3. The second-order valence-corrected chi connectivity index (χ2v) is 3.59. The summed E-state index contributed by atoms with van der Waals surface area (Å²) in [5, 5.41) is 2.10. The maximum Gasteiger partial charge on any atom is 0.0710 e. The molecule has 0 aliphatic carbocycles. The van der Waals surface area contributed by atoms with Crippen LogP contribution in [-0.2, 0) is 4.74 Å². The molecule has 78 valence electrons. The topological polar surface area (TPSA) is 27.7 Å². The molecule has 1 rings (SSSR count). The van der Waals surface area contributed by atoms with E-state index in [1.54, 1.807) is 7.11 Å². The molecule has 4 heteroatoms. The van der Waals surface area contributed by atoms with Crippen molar-refractivity contribution in [3.8, 4) is 0 Å². The lowest BCUT2D eigenvalue weighted by molar-refractivity contribution is 0.105. The summed E-state index contributed by atoms with van der Waals surface area (Å²) in [6.07, 6.45) is 1.64. The molecule has 0 bridgehead atoms. The van der Waals surface area contributed by atoms with Gasteiger partial charge in [0.15, 0.2) is 0 Å². The molecule has 0 aromatic rings. The molecule has 0 aromatic heterocycles. The average molecular weight is 187 g/mol. The molecule has 1 saturated heterocycles. The number of likely N-dealkylation sites (N-methyl/N-ethyl adjacent to an activating group) is 1. The minimum atomic E-state index is 0.458. The van der Waals surface area contributed by atoms with Crippen molar-refractivity contribution in [1.82, 2.24) is 15.3 Å². The molecule has 1 N–H and O–H groups in total. The summed E-state index contributed by atoms with van der Waals surface area (Å²) in [5.74, 6) is 0. The third-order valence-corrected chi connectivity index (χ3v) is 2.70. The normalized spacial score (nSPS) is 24.5. The summed E-state index contributed by atoms with van der Waals surface area (Å²) in [6.45, 7) is 4.45. The van der Waals surface area contributed by atoms with Gasteiger partial charge in [-0.3, -0.25) is 10.3 Å². The van der Waals surface area contributed by atoms with E-state index in [9.17, 15) is 0 Å². The minimum Gasteiger partial charge on any atom is -0.380 e. The summed E-state index contributed by atoms with van der Waals surface area (Å²) in [6, 6.07) is 0. The van der Waals surface area contributed by atoms with E-state index in [2.05, 4.69) is 22.4 Å². The van der Waals surface area contributed by atoms with Crippen molar-refractivity contribution in [2.24, 2.45) is 0 Å². The fraction of sp³-hybridized carbons (Fsp3) is 1.00. The van der Waals surface area contributed by atoms with Crippen LogP contribution in [0.5, 0.6) is 0 Å². The fourth-order valence-electron chi connectivity index (χ4n) is 1.60. The van der Waals surface area contributed by atoms with Crippen LogP contribution in [0.25, 0.3) is 0 Å². The molecular weight excluding hydrogens is 166 g/mol. The molecular formula is C9H21N3O. The zero-order chi connectivity index (χ0) is 9.68. The Morgan fingerprint density at radius 3 is 2.92 bits per heavy atom. The first kappa shape index (κ1) is 10.9. The van der Waals surface area contributed by atoms with Crippen molar-refractivity contribution in [3.05, 3.63) is 0 Å². The first-order valence-electron chi connectivity index (χ1n) is 4.90. The fourth-order valence-corrected chi connectivity index (χ4v) is 1.60. The van der Waals surface area contributed by atoms with Crippen molar-refractivity contribution in [1.29, 1.82) is 0 Å². The molecule has 4 nitrogen and oxygen atoms in total. The standard InChI is InChI=1S/C9H21N3O/c1-10-11(2)6-7-12-5-4-9(8-12)13-3/h9-10H,4-8H2,1-3H3/t9-/m1/s1. The highest BCUT2D eigenvalue weighted by Gasteiger charge is 2.21. The number of hydrazine groups is 1. The van der Waals surface area contributed by atoms with Gasteiger partial charge in [-0.2, -0.15) is 0 Å². The Hall–Kier alpha value is -0.160. The third-order valence-electron chi connectivity index (χ3n) is 2.70. The SMILES string of the molecule is CNN(C)CCN1CC[C@@H](OC)C1. The molecule has 1 heterocycles. The van der Waals surface area contributed by atoms with Gasteiger partial charge < -0.3 is 4.74 Å². The van der Waals surface area contributed by atoms with Gasteiger partial charge in [-0.1, -0.05) is 0 Å². The van der Waals surface area contributed by atoms with Crippen molar-refractivity contribution in [2.75, 3.05) is 47.4 Å². The predicted molar refractivity (Wildman–Crippen MR) is 53.5 cm³/mol. The molecule has 13 heavy (non-hydrogen) atoms. The van der Waals surface area contributed by atoms with Crippen molar-refractivity contribution in [3.63, 3.8) is 0 Å². The molecule has 0 aromatic carbocycles. The molecule has 1 atom stereocenters. The van der Waals surface area contributed by atoms with Gasteiger partial charge in [0, 0.05) is 40.3 Å². The summed E-state index contributed by atoms with van der Waals surface area (Å²) in [5.41, 5.74) is 3.09. The second-order valence-electron chi connectivity index (χ2n) is 3.59. The molecule has 1 aliphatic rings. The van der Waals surface area contributed by atoms with Gasteiger partial charge in [0.1, 0.15) is 0 Å². The van der Waals surface area contributed by atoms with Crippen LogP contribution in [0.4, 0.5) is 0 Å². The summed E-state index contributed by atoms with van der Waals surface area (Å²) >= 11 is 0. The second kappa shape index (κ2) is 5.54.